The van der Waals surface area contributed by atoms with Crippen LogP contribution in [-0.2, 0) is 0 Å². The van der Waals surface area contributed by atoms with Gasteiger partial charge in [-0.3, -0.25) is 4.99 Å². The third-order valence-electron chi connectivity index (χ3n) is 2.06. The van der Waals surface area contributed by atoms with E-state index >= 15 is 0 Å². The molecule has 1 aliphatic heterocycles. The molecule has 1 atom stereocenters. The van der Waals surface area contributed by atoms with Gasteiger partial charge in [0.1, 0.15) is 0 Å². The van der Waals surface area contributed by atoms with Crippen molar-refractivity contribution in [3.63, 3.8) is 0 Å². The molecule has 1 unspecified atom stereocenters. The van der Waals surface area contributed by atoms with Crippen molar-refractivity contribution >= 4 is 17.3 Å². The van der Waals surface area contributed by atoms with Gasteiger partial charge in [0.05, 0.1) is 12.6 Å². The zero-order valence-electron chi connectivity index (χ0n) is 7.73. The van der Waals surface area contributed by atoms with Crippen LogP contribution in [0.25, 0.3) is 0 Å². The summed E-state index contributed by atoms with van der Waals surface area (Å²) in [6, 6.07) is 1.93. The van der Waals surface area contributed by atoms with Gasteiger partial charge in [-0.15, -0.1) is 0 Å². The fraction of sp³-hybridized carbons (Fsp3) is 0.444. The summed E-state index contributed by atoms with van der Waals surface area (Å²) in [5.41, 5.74) is 0.959. The van der Waals surface area contributed by atoms with Crippen molar-refractivity contribution in [1.29, 1.82) is 0 Å². The Balaban J connectivity index is 1.80. The van der Waals surface area contributed by atoms with Crippen LogP contribution in [0.1, 0.15) is 11.7 Å². The molecule has 0 spiro atoms. The summed E-state index contributed by atoms with van der Waals surface area (Å²) in [7, 11) is 0. The monoisotopic (exact) mass is 211 g/mol. The Bertz CT molecular complexity index is 310. The lowest BCUT2D eigenvalue weighted by Crippen LogP contribution is -2.36. The predicted octanol–water partition coefficient (Wildman–Crippen LogP) is 0.330. The molecule has 0 bridgehead atoms. The van der Waals surface area contributed by atoms with Crippen LogP contribution in [0.2, 0.25) is 0 Å². The molecule has 0 radical (unpaired) electrons. The summed E-state index contributed by atoms with van der Waals surface area (Å²) in [6.45, 7) is 2.20. The van der Waals surface area contributed by atoms with Gasteiger partial charge in [0.15, 0.2) is 5.96 Å². The summed E-state index contributed by atoms with van der Waals surface area (Å²) in [5, 5.41) is 19.8. The second-order valence-electron chi connectivity index (χ2n) is 3.11. The van der Waals surface area contributed by atoms with Gasteiger partial charge in [0, 0.05) is 13.1 Å². The topological polar surface area (TPSA) is 56.6 Å². The maximum Gasteiger partial charge on any atom is 0.191 e. The van der Waals surface area contributed by atoms with Gasteiger partial charge in [-0.1, -0.05) is 0 Å². The molecule has 0 fully saturated rings. The van der Waals surface area contributed by atoms with Crippen molar-refractivity contribution in [3.05, 3.63) is 22.4 Å². The second kappa shape index (κ2) is 4.43. The second-order valence-corrected chi connectivity index (χ2v) is 3.89. The van der Waals surface area contributed by atoms with E-state index in [2.05, 4.69) is 15.6 Å². The van der Waals surface area contributed by atoms with Crippen molar-refractivity contribution in [2.75, 3.05) is 19.6 Å². The van der Waals surface area contributed by atoms with Crippen molar-refractivity contribution in [1.82, 2.24) is 10.6 Å². The molecule has 0 aromatic carbocycles. The Morgan fingerprint density at radius 1 is 1.71 bits per heavy atom. The van der Waals surface area contributed by atoms with Gasteiger partial charge in [0.2, 0.25) is 0 Å². The number of aliphatic hydroxyl groups is 1. The molecule has 5 heteroatoms. The fourth-order valence-corrected chi connectivity index (χ4v) is 2.00. The average molecular weight is 211 g/mol. The third-order valence-corrected chi connectivity index (χ3v) is 2.77. The highest BCUT2D eigenvalue weighted by atomic mass is 32.1. The number of rotatable bonds is 3. The Labute approximate surface area is 86.7 Å². The van der Waals surface area contributed by atoms with Crippen LogP contribution in [0.15, 0.2) is 21.8 Å². The van der Waals surface area contributed by atoms with E-state index in [4.69, 9.17) is 0 Å². The lowest BCUT2D eigenvalue weighted by Gasteiger charge is -2.11. The fourth-order valence-electron chi connectivity index (χ4n) is 1.29. The summed E-state index contributed by atoms with van der Waals surface area (Å²) in [4.78, 5) is 4.17. The molecule has 1 aliphatic rings. The van der Waals surface area contributed by atoms with Gasteiger partial charge in [-0.2, -0.15) is 11.3 Å². The smallest absolute Gasteiger partial charge is 0.191 e. The Morgan fingerprint density at radius 2 is 2.64 bits per heavy atom. The molecular weight excluding hydrogens is 198 g/mol. The van der Waals surface area contributed by atoms with Crippen LogP contribution in [-0.4, -0.2) is 30.7 Å². The number of aliphatic imine (C=N–C) groups is 1. The van der Waals surface area contributed by atoms with Crippen LogP contribution in [0.3, 0.4) is 0 Å². The lowest BCUT2D eigenvalue weighted by atomic mass is 10.2. The molecule has 1 aromatic rings. The number of guanidine groups is 1. The first-order valence-corrected chi connectivity index (χ1v) is 5.53. The number of hydrogen-bond donors (Lipinski definition) is 3. The van der Waals surface area contributed by atoms with Crippen LogP contribution >= 0.6 is 11.3 Å². The maximum absolute atomic E-state index is 9.73. The molecule has 76 valence electrons. The van der Waals surface area contributed by atoms with Crippen molar-refractivity contribution < 1.29 is 5.11 Å². The first-order valence-electron chi connectivity index (χ1n) is 4.58. The van der Waals surface area contributed by atoms with Crippen molar-refractivity contribution in [3.8, 4) is 0 Å². The predicted molar refractivity (Wildman–Crippen MR) is 57.6 cm³/mol. The third kappa shape index (κ3) is 2.24. The van der Waals surface area contributed by atoms with Crippen LogP contribution in [0, 0.1) is 0 Å². The van der Waals surface area contributed by atoms with E-state index in [0.717, 1.165) is 24.6 Å². The molecule has 0 amide bonds. The van der Waals surface area contributed by atoms with Gasteiger partial charge < -0.3 is 15.7 Å². The summed E-state index contributed by atoms with van der Waals surface area (Å²) in [5.74, 6) is 0.791. The van der Waals surface area contributed by atoms with Gasteiger partial charge in [-0.25, -0.2) is 0 Å². The molecule has 0 aliphatic carbocycles. The molecule has 2 rings (SSSR count). The maximum atomic E-state index is 9.73. The Morgan fingerprint density at radius 3 is 3.29 bits per heavy atom. The number of aliphatic hydroxyl groups excluding tert-OH is 1. The van der Waals surface area contributed by atoms with E-state index in [1.165, 1.54) is 0 Å². The normalized spacial score (nSPS) is 17.4. The number of thiophene rings is 1. The SMILES string of the molecule is OC(CNC1=NCCN1)c1ccsc1. The first-order chi connectivity index (χ1) is 6.86. The minimum atomic E-state index is -0.452. The van der Waals surface area contributed by atoms with Crippen LogP contribution in [0.5, 0.6) is 0 Å². The number of hydrogen-bond acceptors (Lipinski definition) is 5. The zero-order chi connectivity index (χ0) is 9.80. The summed E-state index contributed by atoms with van der Waals surface area (Å²) >= 11 is 1.59. The van der Waals surface area contributed by atoms with E-state index in [1.54, 1.807) is 11.3 Å². The van der Waals surface area contributed by atoms with Gasteiger partial charge in [-0.05, 0) is 22.4 Å². The molecule has 14 heavy (non-hydrogen) atoms. The van der Waals surface area contributed by atoms with Crippen molar-refractivity contribution in [2.24, 2.45) is 4.99 Å². The molecule has 0 saturated heterocycles. The molecule has 2 heterocycles. The summed E-state index contributed by atoms with van der Waals surface area (Å²) < 4.78 is 0. The molecule has 0 saturated carbocycles. The Kier molecular flexibility index (Phi) is 3.00. The highest BCUT2D eigenvalue weighted by Crippen LogP contribution is 2.14. The van der Waals surface area contributed by atoms with Crippen LogP contribution < -0.4 is 10.6 Å². The minimum Gasteiger partial charge on any atom is -0.387 e. The lowest BCUT2D eigenvalue weighted by molar-refractivity contribution is 0.181. The number of nitrogens with one attached hydrogen (secondary N) is 2. The largest absolute Gasteiger partial charge is 0.387 e. The van der Waals surface area contributed by atoms with E-state index in [-0.39, 0.29) is 0 Å². The molecule has 4 nitrogen and oxygen atoms in total. The van der Waals surface area contributed by atoms with Crippen molar-refractivity contribution in [2.45, 2.75) is 6.10 Å². The minimum absolute atomic E-state index is 0.452. The van der Waals surface area contributed by atoms with Gasteiger partial charge >= 0.3 is 0 Å². The zero-order valence-corrected chi connectivity index (χ0v) is 8.55. The highest BCUT2D eigenvalue weighted by Gasteiger charge is 2.09. The number of nitrogens with zero attached hydrogens (tertiary/aromatic N) is 1. The quantitative estimate of drug-likeness (QED) is 0.675. The van der Waals surface area contributed by atoms with E-state index < -0.39 is 6.10 Å². The highest BCUT2D eigenvalue weighted by molar-refractivity contribution is 7.07. The van der Waals surface area contributed by atoms with E-state index in [0.29, 0.717) is 6.54 Å². The van der Waals surface area contributed by atoms with E-state index in [1.807, 2.05) is 16.8 Å². The average Bonchev–Trinajstić information content (AvgIpc) is 2.87. The Hall–Kier alpha value is -1.07. The standard InChI is InChI=1S/C9H13N3OS/c13-8(7-1-4-14-6-7)5-12-9-10-2-3-11-9/h1,4,6,8,13H,2-3,5H2,(H2,10,11,12). The molecule has 3 N–H and O–H groups in total. The molecular formula is C9H13N3OS. The first kappa shape index (κ1) is 9.48. The summed E-state index contributed by atoms with van der Waals surface area (Å²) in [6.07, 6.45) is -0.452. The van der Waals surface area contributed by atoms with Crippen LogP contribution in [0.4, 0.5) is 0 Å². The molecule has 1 aromatic heterocycles. The van der Waals surface area contributed by atoms with E-state index in [9.17, 15) is 5.11 Å². The van der Waals surface area contributed by atoms with Gasteiger partial charge in [0.25, 0.3) is 0 Å².